The fraction of sp³-hybridized carbons (Fsp3) is 0.250. The number of aromatic nitrogens is 3. The highest BCUT2D eigenvalue weighted by atomic mass is 16.7. The molecule has 0 bridgehead atoms. The Balaban J connectivity index is 1.53. The zero-order chi connectivity index (χ0) is 19.7. The summed E-state index contributed by atoms with van der Waals surface area (Å²) in [4.78, 5) is 12.2. The van der Waals surface area contributed by atoms with E-state index in [-0.39, 0.29) is 12.5 Å². The van der Waals surface area contributed by atoms with Crippen molar-refractivity contribution in [3.8, 4) is 22.9 Å². The SMILES string of the molecule is C/C(=C\CCCc1ccc2nn(-c3cc4c(cc3O)OCO4)nc2c1)C(=O)O. The van der Waals surface area contributed by atoms with Gasteiger partial charge in [0.1, 0.15) is 22.5 Å². The van der Waals surface area contributed by atoms with E-state index in [0.29, 0.717) is 40.2 Å². The number of unbranched alkanes of at least 4 members (excludes halogenated alkanes) is 1. The maximum absolute atomic E-state index is 10.8. The first-order valence-electron chi connectivity index (χ1n) is 8.90. The molecule has 3 aromatic rings. The Kier molecular flexibility index (Phi) is 4.60. The van der Waals surface area contributed by atoms with Crippen molar-refractivity contribution in [3.05, 3.63) is 47.5 Å². The van der Waals surface area contributed by atoms with Crippen molar-refractivity contribution in [2.75, 3.05) is 6.79 Å². The van der Waals surface area contributed by atoms with Crippen LogP contribution in [-0.4, -0.2) is 38.0 Å². The first-order valence-corrected chi connectivity index (χ1v) is 8.90. The van der Waals surface area contributed by atoms with Gasteiger partial charge in [-0.05, 0) is 43.9 Å². The third-order valence-electron chi connectivity index (χ3n) is 4.59. The van der Waals surface area contributed by atoms with Gasteiger partial charge in [0.15, 0.2) is 11.5 Å². The van der Waals surface area contributed by atoms with E-state index in [9.17, 15) is 9.90 Å². The maximum Gasteiger partial charge on any atom is 0.330 e. The van der Waals surface area contributed by atoms with E-state index < -0.39 is 5.97 Å². The van der Waals surface area contributed by atoms with Gasteiger partial charge in [-0.15, -0.1) is 15.0 Å². The standard InChI is InChI=1S/C20H19N3O5/c1-12(20(25)26)4-2-3-5-13-6-7-14-15(8-13)22-23(21-14)16-9-18-19(10-17(16)24)28-11-27-18/h4,6-10,24H,2-3,5,11H2,1H3,(H,25,26)/b12-4+. The van der Waals surface area contributed by atoms with E-state index in [1.54, 1.807) is 19.1 Å². The molecule has 0 atom stereocenters. The van der Waals surface area contributed by atoms with E-state index in [2.05, 4.69) is 10.2 Å². The predicted octanol–water partition coefficient (Wildman–Crippen LogP) is 3.21. The Labute approximate surface area is 160 Å². The molecule has 2 heterocycles. The number of carboxylic acid groups (broad SMARTS) is 1. The number of rotatable bonds is 6. The van der Waals surface area contributed by atoms with Crippen molar-refractivity contribution in [2.24, 2.45) is 0 Å². The number of phenols is 1. The van der Waals surface area contributed by atoms with Crippen molar-refractivity contribution in [1.29, 1.82) is 0 Å². The Morgan fingerprint density at radius 3 is 2.71 bits per heavy atom. The third-order valence-corrected chi connectivity index (χ3v) is 4.59. The molecule has 28 heavy (non-hydrogen) atoms. The summed E-state index contributed by atoms with van der Waals surface area (Å²) in [7, 11) is 0. The zero-order valence-corrected chi connectivity index (χ0v) is 15.3. The van der Waals surface area contributed by atoms with Crippen LogP contribution < -0.4 is 9.47 Å². The zero-order valence-electron chi connectivity index (χ0n) is 15.3. The van der Waals surface area contributed by atoms with Crippen LogP contribution in [0.4, 0.5) is 0 Å². The van der Waals surface area contributed by atoms with Crippen LogP contribution in [0, 0.1) is 0 Å². The largest absolute Gasteiger partial charge is 0.505 e. The van der Waals surface area contributed by atoms with Crippen LogP contribution in [-0.2, 0) is 11.2 Å². The van der Waals surface area contributed by atoms with Crippen molar-refractivity contribution >= 4 is 17.0 Å². The topological polar surface area (TPSA) is 107 Å². The highest BCUT2D eigenvalue weighted by Crippen LogP contribution is 2.39. The van der Waals surface area contributed by atoms with Crippen LogP contribution in [0.3, 0.4) is 0 Å². The monoisotopic (exact) mass is 381 g/mol. The Morgan fingerprint density at radius 2 is 1.93 bits per heavy atom. The third kappa shape index (κ3) is 3.48. The minimum absolute atomic E-state index is 0.00497. The molecule has 1 aliphatic heterocycles. The number of phenolic OH excluding ortho intramolecular Hbond substituents is 1. The number of fused-ring (bicyclic) bond motifs is 2. The number of aliphatic carboxylic acids is 1. The van der Waals surface area contributed by atoms with E-state index >= 15 is 0 Å². The highest BCUT2D eigenvalue weighted by Gasteiger charge is 2.19. The predicted molar refractivity (Wildman–Crippen MR) is 101 cm³/mol. The van der Waals surface area contributed by atoms with Crippen LogP contribution in [0.5, 0.6) is 17.2 Å². The van der Waals surface area contributed by atoms with E-state index in [1.165, 1.54) is 10.9 Å². The maximum atomic E-state index is 10.8. The minimum atomic E-state index is -0.884. The Morgan fingerprint density at radius 1 is 1.18 bits per heavy atom. The molecule has 1 aromatic heterocycles. The number of aryl methyl sites for hydroxylation is 1. The normalized spacial score (nSPS) is 13.2. The number of carboxylic acids is 1. The second-order valence-corrected chi connectivity index (χ2v) is 6.59. The summed E-state index contributed by atoms with van der Waals surface area (Å²) >= 11 is 0. The van der Waals surface area contributed by atoms with E-state index in [1.807, 2.05) is 18.2 Å². The Bertz CT molecular complexity index is 1090. The summed E-state index contributed by atoms with van der Waals surface area (Å²) in [6, 6.07) is 8.96. The number of hydrogen-bond acceptors (Lipinski definition) is 6. The van der Waals surface area contributed by atoms with Gasteiger partial charge in [-0.3, -0.25) is 0 Å². The first-order chi connectivity index (χ1) is 13.5. The molecule has 4 rings (SSSR count). The molecule has 0 aliphatic carbocycles. The molecule has 8 heteroatoms. The average Bonchev–Trinajstić information content (AvgIpc) is 3.29. The molecule has 0 unspecified atom stereocenters. The molecule has 0 saturated heterocycles. The quantitative estimate of drug-likeness (QED) is 0.499. The van der Waals surface area contributed by atoms with Crippen LogP contribution >= 0.6 is 0 Å². The number of benzene rings is 2. The summed E-state index contributed by atoms with van der Waals surface area (Å²) in [6.45, 7) is 1.72. The lowest BCUT2D eigenvalue weighted by molar-refractivity contribution is -0.132. The molecule has 2 aromatic carbocycles. The molecule has 2 N–H and O–H groups in total. The van der Waals surface area contributed by atoms with Crippen molar-refractivity contribution in [2.45, 2.75) is 26.2 Å². The van der Waals surface area contributed by atoms with Gasteiger partial charge in [-0.1, -0.05) is 12.1 Å². The lowest BCUT2D eigenvalue weighted by atomic mass is 10.1. The molecule has 0 radical (unpaired) electrons. The van der Waals surface area contributed by atoms with Gasteiger partial charge in [0, 0.05) is 17.7 Å². The smallest absolute Gasteiger partial charge is 0.330 e. The summed E-state index contributed by atoms with van der Waals surface area (Å²) in [5.41, 5.74) is 3.29. The van der Waals surface area contributed by atoms with Crippen LogP contribution in [0.25, 0.3) is 16.7 Å². The van der Waals surface area contributed by atoms with Crippen LogP contribution in [0.15, 0.2) is 42.0 Å². The van der Waals surface area contributed by atoms with Gasteiger partial charge in [-0.2, -0.15) is 0 Å². The molecule has 0 saturated carbocycles. The van der Waals surface area contributed by atoms with Crippen molar-refractivity contribution < 1.29 is 24.5 Å². The molecule has 0 spiro atoms. The molecule has 0 fully saturated rings. The van der Waals surface area contributed by atoms with Gasteiger partial charge < -0.3 is 19.7 Å². The summed E-state index contributed by atoms with van der Waals surface area (Å²) < 4.78 is 10.6. The fourth-order valence-electron chi connectivity index (χ4n) is 3.02. The van der Waals surface area contributed by atoms with Gasteiger partial charge in [0.05, 0.1) is 0 Å². The van der Waals surface area contributed by atoms with Crippen molar-refractivity contribution in [1.82, 2.24) is 15.0 Å². The second kappa shape index (κ2) is 7.22. The summed E-state index contributed by atoms with van der Waals surface area (Å²) in [6.07, 6.45) is 4.09. The fourth-order valence-corrected chi connectivity index (χ4v) is 3.02. The number of nitrogens with zero attached hydrogens (tertiary/aromatic N) is 3. The number of hydrogen-bond donors (Lipinski definition) is 2. The number of ether oxygens (including phenoxy) is 2. The summed E-state index contributed by atoms with van der Waals surface area (Å²) in [5, 5.41) is 28.0. The number of allylic oxidation sites excluding steroid dienone is 1. The Hall–Kier alpha value is -3.55. The van der Waals surface area contributed by atoms with Gasteiger partial charge in [-0.25, -0.2) is 4.79 Å². The highest BCUT2D eigenvalue weighted by molar-refractivity contribution is 5.85. The average molecular weight is 381 g/mol. The van der Waals surface area contributed by atoms with Gasteiger partial charge >= 0.3 is 5.97 Å². The van der Waals surface area contributed by atoms with Crippen molar-refractivity contribution in [3.63, 3.8) is 0 Å². The lowest BCUT2D eigenvalue weighted by Crippen LogP contribution is -1.99. The van der Waals surface area contributed by atoms with E-state index in [0.717, 1.165) is 18.4 Å². The van der Waals surface area contributed by atoms with Gasteiger partial charge in [0.2, 0.25) is 6.79 Å². The van der Waals surface area contributed by atoms with Crippen LogP contribution in [0.1, 0.15) is 25.3 Å². The second-order valence-electron chi connectivity index (χ2n) is 6.59. The molecule has 0 amide bonds. The molecule has 1 aliphatic rings. The van der Waals surface area contributed by atoms with Crippen LogP contribution in [0.2, 0.25) is 0 Å². The molecule has 144 valence electrons. The van der Waals surface area contributed by atoms with Gasteiger partial charge in [0.25, 0.3) is 0 Å². The first kappa shape index (κ1) is 17.8. The number of aromatic hydroxyl groups is 1. The summed E-state index contributed by atoms with van der Waals surface area (Å²) in [5.74, 6) is 0.155. The lowest BCUT2D eigenvalue weighted by Gasteiger charge is -2.04. The minimum Gasteiger partial charge on any atom is -0.505 e. The van der Waals surface area contributed by atoms with E-state index in [4.69, 9.17) is 14.6 Å². The molecular weight excluding hydrogens is 362 g/mol. The number of carbonyl (C=O) groups is 1. The molecule has 8 nitrogen and oxygen atoms in total. The molecular formula is C20H19N3O5.